The standard InChI is InChI=1S/C16H14FN3O3S2/c17-25(22,23)12-7-5-11(6-8-12)16(21)19-10-9-18-15-13-3-1-2-4-14(13)24-20-15/h1-8H,9-10H2,(H,18,20)(H,19,21). The Kier molecular flexibility index (Phi) is 4.95. The lowest BCUT2D eigenvalue weighted by molar-refractivity contribution is 0.0955. The highest BCUT2D eigenvalue weighted by atomic mass is 32.3. The maximum absolute atomic E-state index is 12.8. The predicted octanol–water partition coefficient (Wildman–Crippen LogP) is 2.80. The molecule has 0 saturated heterocycles. The van der Waals surface area contributed by atoms with Crippen LogP contribution in [0.3, 0.4) is 0 Å². The zero-order valence-electron chi connectivity index (χ0n) is 12.9. The number of hydrogen-bond donors (Lipinski definition) is 2. The summed E-state index contributed by atoms with van der Waals surface area (Å²) >= 11 is 1.40. The van der Waals surface area contributed by atoms with Crippen LogP contribution in [-0.2, 0) is 10.2 Å². The second kappa shape index (κ2) is 7.16. The molecule has 25 heavy (non-hydrogen) atoms. The first kappa shape index (κ1) is 17.3. The van der Waals surface area contributed by atoms with E-state index in [1.165, 1.54) is 23.7 Å². The summed E-state index contributed by atoms with van der Waals surface area (Å²) in [5, 5.41) is 6.89. The molecule has 1 amide bonds. The largest absolute Gasteiger partial charge is 0.367 e. The van der Waals surface area contributed by atoms with Crippen LogP contribution in [0.15, 0.2) is 53.4 Å². The van der Waals surface area contributed by atoms with Crippen molar-refractivity contribution in [2.75, 3.05) is 18.4 Å². The Balaban J connectivity index is 1.53. The second-order valence-corrected chi connectivity index (χ2v) is 7.32. The molecule has 6 nitrogen and oxygen atoms in total. The van der Waals surface area contributed by atoms with Gasteiger partial charge in [-0.05, 0) is 47.9 Å². The van der Waals surface area contributed by atoms with Crippen LogP contribution in [0, 0.1) is 0 Å². The van der Waals surface area contributed by atoms with Crippen molar-refractivity contribution in [3.63, 3.8) is 0 Å². The highest BCUT2D eigenvalue weighted by molar-refractivity contribution is 7.86. The summed E-state index contributed by atoms with van der Waals surface area (Å²) in [4.78, 5) is 11.5. The van der Waals surface area contributed by atoms with Crippen molar-refractivity contribution in [1.82, 2.24) is 9.69 Å². The van der Waals surface area contributed by atoms with Gasteiger partial charge in [-0.1, -0.05) is 12.1 Å². The molecular formula is C16H14FN3O3S2. The van der Waals surface area contributed by atoms with Crippen LogP contribution in [-0.4, -0.2) is 31.8 Å². The van der Waals surface area contributed by atoms with Gasteiger partial charge in [-0.3, -0.25) is 4.79 Å². The number of rotatable bonds is 6. The summed E-state index contributed by atoms with van der Waals surface area (Å²) in [5.41, 5.74) is 0.256. The topological polar surface area (TPSA) is 88.2 Å². The molecular weight excluding hydrogens is 365 g/mol. The molecule has 3 rings (SSSR count). The molecule has 0 aliphatic carbocycles. The van der Waals surface area contributed by atoms with Crippen LogP contribution in [0.5, 0.6) is 0 Å². The average Bonchev–Trinajstić information content (AvgIpc) is 3.01. The zero-order valence-corrected chi connectivity index (χ0v) is 14.5. The fourth-order valence-electron chi connectivity index (χ4n) is 2.24. The van der Waals surface area contributed by atoms with Crippen LogP contribution in [0.1, 0.15) is 10.4 Å². The average molecular weight is 379 g/mol. The van der Waals surface area contributed by atoms with Gasteiger partial charge in [0.15, 0.2) is 0 Å². The fraction of sp³-hybridized carbons (Fsp3) is 0.125. The lowest BCUT2D eigenvalue weighted by atomic mass is 10.2. The van der Waals surface area contributed by atoms with Gasteiger partial charge >= 0.3 is 10.2 Å². The number of carbonyl (C=O) groups is 1. The molecule has 0 atom stereocenters. The van der Waals surface area contributed by atoms with Crippen molar-refractivity contribution in [2.45, 2.75) is 4.90 Å². The van der Waals surface area contributed by atoms with Crippen molar-refractivity contribution in [3.05, 3.63) is 54.1 Å². The molecule has 0 saturated carbocycles. The number of hydrogen-bond acceptors (Lipinski definition) is 6. The van der Waals surface area contributed by atoms with Crippen molar-refractivity contribution in [3.8, 4) is 0 Å². The third-order valence-electron chi connectivity index (χ3n) is 3.48. The molecule has 0 aliphatic heterocycles. The van der Waals surface area contributed by atoms with E-state index in [0.29, 0.717) is 13.1 Å². The third-order valence-corrected chi connectivity index (χ3v) is 5.14. The fourth-order valence-corrected chi connectivity index (χ4v) is 3.46. The van der Waals surface area contributed by atoms with Gasteiger partial charge in [0.25, 0.3) is 5.91 Å². The molecule has 9 heteroatoms. The van der Waals surface area contributed by atoms with Gasteiger partial charge in [0, 0.05) is 24.0 Å². The smallest absolute Gasteiger partial charge is 0.332 e. The van der Waals surface area contributed by atoms with Crippen LogP contribution >= 0.6 is 11.5 Å². The first-order valence-electron chi connectivity index (χ1n) is 7.36. The monoisotopic (exact) mass is 379 g/mol. The van der Waals surface area contributed by atoms with Crippen LogP contribution < -0.4 is 10.6 Å². The molecule has 0 radical (unpaired) electrons. The third kappa shape index (κ3) is 4.12. The Morgan fingerprint density at radius 1 is 1.08 bits per heavy atom. The number of benzene rings is 2. The van der Waals surface area contributed by atoms with Crippen molar-refractivity contribution >= 4 is 43.6 Å². The van der Waals surface area contributed by atoms with E-state index in [-0.39, 0.29) is 11.5 Å². The zero-order chi connectivity index (χ0) is 17.9. The lowest BCUT2D eigenvalue weighted by Gasteiger charge is -2.07. The summed E-state index contributed by atoms with van der Waals surface area (Å²) in [6, 6.07) is 12.5. The van der Waals surface area contributed by atoms with Gasteiger partial charge in [-0.25, -0.2) is 0 Å². The molecule has 2 N–H and O–H groups in total. The van der Waals surface area contributed by atoms with Crippen LogP contribution in [0.2, 0.25) is 0 Å². The first-order chi connectivity index (χ1) is 11.9. The van der Waals surface area contributed by atoms with Crippen molar-refractivity contribution in [2.24, 2.45) is 0 Å². The van der Waals surface area contributed by atoms with E-state index in [2.05, 4.69) is 15.0 Å². The molecule has 2 aromatic carbocycles. The molecule has 0 fully saturated rings. The molecule has 130 valence electrons. The van der Waals surface area contributed by atoms with Gasteiger partial charge in [-0.15, -0.1) is 3.89 Å². The molecule has 0 spiro atoms. The van der Waals surface area contributed by atoms with E-state index in [1.807, 2.05) is 24.3 Å². The van der Waals surface area contributed by atoms with Gasteiger partial charge in [-0.2, -0.15) is 12.8 Å². The quantitative estimate of drug-likeness (QED) is 0.508. The van der Waals surface area contributed by atoms with Crippen molar-refractivity contribution in [1.29, 1.82) is 0 Å². The summed E-state index contributed by atoms with van der Waals surface area (Å²) in [7, 11) is -4.76. The Labute approximate surface area is 148 Å². The molecule has 0 aliphatic rings. The summed E-state index contributed by atoms with van der Waals surface area (Å²) in [6.07, 6.45) is 0. The highest BCUT2D eigenvalue weighted by Crippen LogP contribution is 2.25. The second-order valence-electron chi connectivity index (χ2n) is 5.17. The summed E-state index contributed by atoms with van der Waals surface area (Å²) < 4.78 is 39.7. The minimum atomic E-state index is -4.76. The number of carbonyl (C=O) groups excluding carboxylic acids is 1. The van der Waals surface area contributed by atoms with E-state index in [9.17, 15) is 17.1 Å². The minimum absolute atomic E-state index is 0.256. The van der Waals surface area contributed by atoms with E-state index in [4.69, 9.17) is 0 Å². The van der Waals surface area contributed by atoms with Gasteiger partial charge < -0.3 is 10.6 Å². The number of nitrogens with zero attached hydrogens (tertiary/aromatic N) is 1. The number of aromatic nitrogens is 1. The van der Waals surface area contributed by atoms with E-state index < -0.39 is 15.1 Å². The van der Waals surface area contributed by atoms with Crippen LogP contribution in [0.4, 0.5) is 9.70 Å². The van der Waals surface area contributed by atoms with Gasteiger partial charge in [0.2, 0.25) is 0 Å². The minimum Gasteiger partial charge on any atom is -0.367 e. The highest BCUT2D eigenvalue weighted by Gasteiger charge is 2.13. The lowest BCUT2D eigenvalue weighted by Crippen LogP contribution is -2.28. The Hall–Kier alpha value is -2.52. The maximum atomic E-state index is 12.8. The molecule has 3 aromatic rings. The van der Waals surface area contributed by atoms with E-state index in [0.717, 1.165) is 28.0 Å². The Bertz CT molecular complexity index is 1000. The summed E-state index contributed by atoms with van der Waals surface area (Å²) in [5.74, 6) is 0.403. The molecule has 1 aromatic heterocycles. The van der Waals surface area contributed by atoms with Crippen LogP contribution in [0.25, 0.3) is 10.1 Å². The molecule has 1 heterocycles. The number of amides is 1. The maximum Gasteiger partial charge on any atom is 0.332 e. The number of halogens is 1. The predicted molar refractivity (Wildman–Crippen MR) is 95.2 cm³/mol. The van der Waals surface area contributed by atoms with Crippen molar-refractivity contribution < 1.29 is 17.1 Å². The number of anilines is 1. The number of fused-ring (bicyclic) bond motifs is 1. The van der Waals surface area contributed by atoms with Gasteiger partial charge in [0.1, 0.15) is 5.82 Å². The molecule has 0 bridgehead atoms. The number of nitrogens with one attached hydrogen (secondary N) is 2. The summed E-state index contributed by atoms with van der Waals surface area (Å²) in [6.45, 7) is 0.838. The van der Waals surface area contributed by atoms with E-state index in [1.54, 1.807) is 0 Å². The Morgan fingerprint density at radius 2 is 1.80 bits per heavy atom. The Morgan fingerprint density at radius 3 is 2.52 bits per heavy atom. The normalized spacial score (nSPS) is 11.4. The van der Waals surface area contributed by atoms with E-state index >= 15 is 0 Å². The van der Waals surface area contributed by atoms with Gasteiger partial charge in [0.05, 0.1) is 9.60 Å². The first-order valence-corrected chi connectivity index (χ1v) is 9.52. The molecule has 0 unspecified atom stereocenters. The SMILES string of the molecule is O=C(NCCNc1nsc2ccccc12)c1ccc(S(=O)(=O)F)cc1.